The van der Waals surface area contributed by atoms with Crippen molar-refractivity contribution in [1.29, 1.82) is 0 Å². The second kappa shape index (κ2) is 8.92. The molecule has 0 saturated heterocycles. The van der Waals surface area contributed by atoms with E-state index in [9.17, 15) is 0 Å². The Morgan fingerprint density at radius 1 is 1.33 bits per heavy atom. The average Bonchev–Trinajstić information content (AvgIpc) is 2.32. The normalized spacial score (nSPS) is 10.7. The fraction of sp³-hybridized carbons (Fsp3) is 0.538. The molecular formula is C13H19Cl2NOS. The van der Waals surface area contributed by atoms with Crippen molar-refractivity contribution in [3.05, 3.63) is 27.7 Å². The largest absolute Gasteiger partial charge is 0.492 e. The molecule has 0 aromatic heterocycles. The van der Waals surface area contributed by atoms with Crippen LogP contribution in [0.4, 0.5) is 0 Å². The number of ether oxygens (including phenoxy) is 1. The standard InChI is InChI=1S/C13H19Cl2NOS/c1-3-18-6-4-5-17-13-10(9-16-2)7-11(14)8-12(13)15/h7-8,16H,3-6,9H2,1-2H3. The lowest BCUT2D eigenvalue weighted by Crippen LogP contribution is -2.09. The summed E-state index contributed by atoms with van der Waals surface area (Å²) >= 11 is 14.1. The quantitative estimate of drug-likeness (QED) is 0.726. The molecule has 1 aromatic carbocycles. The van der Waals surface area contributed by atoms with Crippen molar-refractivity contribution in [3.63, 3.8) is 0 Å². The highest BCUT2D eigenvalue weighted by atomic mass is 35.5. The van der Waals surface area contributed by atoms with Crippen LogP contribution in [0.3, 0.4) is 0 Å². The van der Waals surface area contributed by atoms with Crippen molar-refractivity contribution in [1.82, 2.24) is 5.32 Å². The predicted molar refractivity (Wildman–Crippen MR) is 82.3 cm³/mol. The fourth-order valence-corrected chi connectivity index (χ4v) is 2.78. The lowest BCUT2D eigenvalue weighted by molar-refractivity contribution is 0.315. The van der Waals surface area contributed by atoms with Gasteiger partial charge in [0.25, 0.3) is 0 Å². The Morgan fingerprint density at radius 3 is 2.78 bits per heavy atom. The smallest absolute Gasteiger partial charge is 0.142 e. The monoisotopic (exact) mass is 307 g/mol. The minimum Gasteiger partial charge on any atom is -0.492 e. The van der Waals surface area contributed by atoms with Gasteiger partial charge in [-0.1, -0.05) is 30.1 Å². The molecule has 0 heterocycles. The van der Waals surface area contributed by atoms with Crippen molar-refractivity contribution in [2.45, 2.75) is 19.9 Å². The number of halogens is 2. The summed E-state index contributed by atoms with van der Waals surface area (Å²) in [6.07, 6.45) is 1.02. The Morgan fingerprint density at radius 2 is 2.11 bits per heavy atom. The van der Waals surface area contributed by atoms with Crippen LogP contribution in [0.15, 0.2) is 12.1 Å². The second-order valence-electron chi connectivity index (χ2n) is 3.81. The van der Waals surface area contributed by atoms with Crippen LogP contribution in [0.25, 0.3) is 0 Å². The first-order chi connectivity index (χ1) is 8.69. The lowest BCUT2D eigenvalue weighted by Gasteiger charge is -2.13. The van der Waals surface area contributed by atoms with Crippen molar-refractivity contribution in [2.24, 2.45) is 0 Å². The predicted octanol–water partition coefficient (Wildman–Crippen LogP) is 4.23. The van der Waals surface area contributed by atoms with E-state index in [4.69, 9.17) is 27.9 Å². The van der Waals surface area contributed by atoms with Gasteiger partial charge in [-0.2, -0.15) is 11.8 Å². The third kappa shape index (κ3) is 5.27. The summed E-state index contributed by atoms with van der Waals surface area (Å²) in [4.78, 5) is 0. The molecule has 0 amide bonds. The van der Waals surface area contributed by atoms with Gasteiger partial charge in [-0.05, 0) is 37.1 Å². The summed E-state index contributed by atoms with van der Waals surface area (Å²) in [7, 11) is 1.89. The molecule has 0 unspecified atom stereocenters. The molecule has 0 atom stereocenters. The Labute approximate surface area is 123 Å². The van der Waals surface area contributed by atoms with Crippen LogP contribution >= 0.6 is 35.0 Å². The summed E-state index contributed by atoms with van der Waals surface area (Å²) in [5, 5.41) is 4.31. The first kappa shape index (κ1) is 16.0. The minimum absolute atomic E-state index is 0.580. The Balaban J connectivity index is 2.62. The van der Waals surface area contributed by atoms with Crippen LogP contribution in [0.1, 0.15) is 18.9 Å². The van der Waals surface area contributed by atoms with E-state index in [-0.39, 0.29) is 0 Å². The molecule has 0 aliphatic heterocycles. The van der Waals surface area contributed by atoms with E-state index < -0.39 is 0 Å². The van der Waals surface area contributed by atoms with Gasteiger partial charge in [0.15, 0.2) is 0 Å². The molecule has 1 N–H and O–H groups in total. The number of thioether (sulfide) groups is 1. The van der Waals surface area contributed by atoms with E-state index in [1.807, 2.05) is 24.9 Å². The highest BCUT2D eigenvalue weighted by Crippen LogP contribution is 2.32. The number of hydrogen-bond acceptors (Lipinski definition) is 3. The van der Waals surface area contributed by atoms with Gasteiger partial charge in [0.1, 0.15) is 5.75 Å². The van der Waals surface area contributed by atoms with Gasteiger partial charge in [0.05, 0.1) is 11.6 Å². The maximum atomic E-state index is 6.17. The Kier molecular flexibility index (Phi) is 7.91. The molecule has 102 valence electrons. The average molecular weight is 308 g/mol. The van der Waals surface area contributed by atoms with Gasteiger partial charge < -0.3 is 10.1 Å². The molecule has 0 saturated carbocycles. The van der Waals surface area contributed by atoms with Crippen molar-refractivity contribution in [3.8, 4) is 5.75 Å². The number of hydrogen-bond donors (Lipinski definition) is 1. The third-order valence-corrected chi connectivity index (χ3v) is 3.82. The van der Waals surface area contributed by atoms with Crippen LogP contribution < -0.4 is 10.1 Å². The molecule has 0 fully saturated rings. The van der Waals surface area contributed by atoms with Gasteiger partial charge in [-0.25, -0.2) is 0 Å². The van der Waals surface area contributed by atoms with Crippen molar-refractivity contribution < 1.29 is 4.74 Å². The maximum absolute atomic E-state index is 6.17. The van der Waals surface area contributed by atoms with Crippen LogP contribution in [0.5, 0.6) is 5.75 Å². The first-order valence-corrected chi connectivity index (χ1v) is 7.93. The van der Waals surface area contributed by atoms with Gasteiger partial charge >= 0.3 is 0 Å². The van der Waals surface area contributed by atoms with Gasteiger partial charge in [0, 0.05) is 17.1 Å². The molecule has 1 aromatic rings. The Hall–Kier alpha value is -0.0900. The summed E-state index contributed by atoms with van der Waals surface area (Å²) in [5.41, 5.74) is 0.998. The SMILES string of the molecule is CCSCCCOc1c(Cl)cc(Cl)cc1CNC. The Bertz CT molecular complexity index is 374. The molecule has 18 heavy (non-hydrogen) atoms. The zero-order valence-electron chi connectivity index (χ0n) is 10.8. The van der Waals surface area contributed by atoms with E-state index in [1.165, 1.54) is 0 Å². The van der Waals surface area contributed by atoms with E-state index in [2.05, 4.69) is 12.2 Å². The third-order valence-electron chi connectivity index (χ3n) is 2.34. The van der Waals surface area contributed by atoms with Gasteiger partial charge in [-0.3, -0.25) is 0 Å². The highest BCUT2D eigenvalue weighted by molar-refractivity contribution is 7.99. The second-order valence-corrected chi connectivity index (χ2v) is 6.04. The topological polar surface area (TPSA) is 21.3 Å². The molecule has 1 rings (SSSR count). The molecule has 2 nitrogen and oxygen atoms in total. The molecule has 5 heteroatoms. The highest BCUT2D eigenvalue weighted by Gasteiger charge is 2.10. The van der Waals surface area contributed by atoms with Gasteiger partial charge in [-0.15, -0.1) is 0 Å². The van der Waals surface area contributed by atoms with Crippen molar-refractivity contribution >= 4 is 35.0 Å². The zero-order valence-corrected chi connectivity index (χ0v) is 13.1. The molecular weight excluding hydrogens is 289 g/mol. The molecule has 0 bridgehead atoms. The molecule has 0 aliphatic carbocycles. The van der Waals surface area contributed by atoms with Crippen LogP contribution in [-0.2, 0) is 6.54 Å². The summed E-state index contributed by atoms with van der Waals surface area (Å²) < 4.78 is 5.78. The van der Waals surface area contributed by atoms with Crippen molar-refractivity contribution in [2.75, 3.05) is 25.2 Å². The minimum atomic E-state index is 0.580. The molecule has 0 radical (unpaired) electrons. The lowest BCUT2D eigenvalue weighted by atomic mass is 10.2. The van der Waals surface area contributed by atoms with E-state index in [0.717, 1.165) is 29.2 Å². The molecule has 0 aliphatic rings. The van der Waals surface area contributed by atoms with E-state index >= 15 is 0 Å². The van der Waals surface area contributed by atoms with Gasteiger partial charge in [0.2, 0.25) is 0 Å². The summed E-state index contributed by atoms with van der Waals surface area (Å²) in [6, 6.07) is 3.61. The van der Waals surface area contributed by atoms with E-state index in [0.29, 0.717) is 23.2 Å². The number of rotatable bonds is 8. The first-order valence-electron chi connectivity index (χ1n) is 6.02. The van der Waals surface area contributed by atoms with Crippen LogP contribution in [0, 0.1) is 0 Å². The number of benzene rings is 1. The van der Waals surface area contributed by atoms with Crippen LogP contribution in [0.2, 0.25) is 10.0 Å². The summed E-state index contributed by atoms with van der Waals surface area (Å²) in [6.45, 7) is 3.54. The molecule has 0 spiro atoms. The zero-order chi connectivity index (χ0) is 13.4. The fourth-order valence-electron chi connectivity index (χ4n) is 1.58. The van der Waals surface area contributed by atoms with Crippen LogP contribution in [-0.4, -0.2) is 25.2 Å². The van der Waals surface area contributed by atoms with E-state index in [1.54, 1.807) is 6.07 Å². The maximum Gasteiger partial charge on any atom is 0.142 e. The number of nitrogens with one attached hydrogen (secondary N) is 1. The summed E-state index contributed by atoms with van der Waals surface area (Å²) in [5.74, 6) is 3.01.